The van der Waals surface area contributed by atoms with E-state index >= 15 is 0 Å². The van der Waals surface area contributed by atoms with Gasteiger partial charge in [-0.15, -0.1) is 5.10 Å². The van der Waals surface area contributed by atoms with Gasteiger partial charge < -0.3 is 11.1 Å². The third-order valence-corrected chi connectivity index (χ3v) is 4.49. The lowest BCUT2D eigenvalue weighted by Gasteiger charge is -2.15. The molecule has 3 rings (SSSR count). The second-order valence-corrected chi connectivity index (χ2v) is 6.41. The third kappa shape index (κ3) is 3.86. The summed E-state index contributed by atoms with van der Waals surface area (Å²) >= 11 is 0. The van der Waals surface area contributed by atoms with Crippen LogP contribution in [0.4, 0.5) is 14.7 Å². The SMILES string of the molecule is Cc1nc2nc(N)nn2c(C)c1CCC(=O)NC(C)c1ccc(F)c(F)c1. The molecule has 9 heteroatoms. The van der Waals surface area contributed by atoms with Crippen molar-refractivity contribution in [3.05, 3.63) is 52.3 Å². The lowest BCUT2D eigenvalue weighted by Crippen LogP contribution is -2.27. The lowest BCUT2D eigenvalue weighted by molar-refractivity contribution is -0.121. The number of hydrogen-bond donors (Lipinski definition) is 2. The van der Waals surface area contributed by atoms with E-state index in [1.165, 1.54) is 6.07 Å². The molecule has 0 saturated carbocycles. The molecule has 3 aromatic rings. The number of nitrogens with two attached hydrogens (primary N) is 1. The number of halogens is 2. The lowest BCUT2D eigenvalue weighted by atomic mass is 10.1. The van der Waals surface area contributed by atoms with Gasteiger partial charge in [-0.25, -0.2) is 13.8 Å². The van der Waals surface area contributed by atoms with Gasteiger partial charge in [-0.3, -0.25) is 4.79 Å². The number of rotatable bonds is 5. The molecule has 3 N–H and O–H groups in total. The van der Waals surface area contributed by atoms with Crippen LogP contribution in [0.15, 0.2) is 18.2 Å². The first kappa shape index (κ1) is 18.7. The summed E-state index contributed by atoms with van der Waals surface area (Å²) in [6, 6.07) is 3.14. The Morgan fingerprint density at radius 2 is 2.00 bits per heavy atom. The minimum absolute atomic E-state index is 0.139. The maximum Gasteiger partial charge on any atom is 0.254 e. The Labute approximate surface area is 154 Å². The Morgan fingerprint density at radius 1 is 1.26 bits per heavy atom. The predicted molar refractivity (Wildman–Crippen MR) is 95.9 cm³/mol. The number of nitrogen functional groups attached to an aromatic ring is 1. The fourth-order valence-electron chi connectivity index (χ4n) is 3.00. The highest BCUT2D eigenvalue weighted by atomic mass is 19.2. The highest BCUT2D eigenvalue weighted by molar-refractivity contribution is 5.76. The second-order valence-electron chi connectivity index (χ2n) is 6.41. The quantitative estimate of drug-likeness (QED) is 0.715. The van der Waals surface area contributed by atoms with Gasteiger partial charge >= 0.3 is 0 Å². The molecule has 0 bridgehead atoms. The zero-order chi connectivity index (χ0) is 19.7. The minimum atomic E-state index is -0.939. The molecule has 2 aromatic heterocycles. The van der Waals surface area contributed by atoms with E-state index in [9.17, 15) is 13.6 Å². The highest BCUT2D eigenvalue weighted by Crippen LogP contribution is 2.18. The molecule has 0 spiro atoms. The molecule has 2 heterocycles. The normalized spacial score (nSPS) is 12.3. The molecule has 0 fully saturated rings. The van der Waals surface area contributed by atoms with Crippen molar-refractivity contribution in [3.8, 4) is 0 Å². The van der Waals surface area contributed by atoms with Crippen molar-refractivity contribution < 1.29 is 13.6 Å². The summed E-state index contributed by atoms with van der Waals surface area (Å²) in [5.74, 6) is -1.50. The van der Waals surface area contributed by atoms with E-state index in [2.05, 4.69) is 20.4 Å². The van der Waals surface area contributed by atoms with Crippen molar-refractivity contribution in [2.75, 3.05) is 5.73 Å². The Kier molecular flexibility index (Phi) is 5.02. The zero-order valence-electron chi connectivity index (χ0n) is 15.3. The topological polar surface area (TPSA) is 98.2 Å². The summed E-state index contributed by atoms with van der Waals surface area (Å²) in [5.41, 5.74) is 8.58. The first-order valence-corrected chi connectivity index (χ1v) is 8.49. The summed E-state index contributed by atoms with van der Waals surface area (Å²) < 4.78 is 27.9. The van der Waals surface area contributed by atoms with Crippen molar-refractivity contribution >= 4 is 17.6 Å². The van der Waals surface area contributed by atoms with Gasteiger partial charge in [0.15, 0.2) is 11.6 Å². The van der Waals surface area contributed by atoms with Gasteiger partial charge in [-0.2, -0.15) is 9.50 Å². The maximum absolute atomic E-state index is 13.3. The average molecular weight is 374 g/mol. The van der Waals surface area contributed by atoms with Crippen LogP contribution in [-0.4, -0.2) is 25.5 Å². The molecular formula is C18H20F2N6O. The molecule has 0 saturated heterocycles. The molecule has 142 valence electrons. The number of hydrogen-bond acceptors (Lipinski definition) is 5. The van der Waals surface area contributed by atoms with E-state index in [4.69, 9.17) is 5.73 Å². The van der Waals surface area contributed by atoms with Crippen LogP contribution >= 0.6 is 0 Å². The second kappa shape index (κ2) is 7.26. The summed E-state index contributed by atoms with van der Waals surface area (Å²) in [7, 11) is 0. The highest BCUT2D eigenvalue weighted by Gasteiger charge is 2.16. The molecule has 7 nitrogen and oxygen atoms in total. The number of amides is 1. The third-order valence-electron chi connectivity index (χ3n) is 4.49. The van der Waals surface area contributed by atoms with Gasteiger partial charge in [-0.1, -0.05) is 6.07 Å². The Morgan fingerprint density at radius 3 is 2.70 bits per heavy atom. The number of benzene rings is 1. The number of aromatic nitrogens is 4. The van der Waals surface area contributed by atoms with Crippen molar-refractivity contribution in [2.45, 2.75) is 39.7 Å². The molecule has 0 aliphatic heterocycles. The van der Waals surface area contributed by atoms with Crippen LogP contribution < -0.4 is 11.1 Å². The molecular weight excluding hydrogens is 354 g/mol. The van der Waals surface area contributed by atoms with Gasteiger partial charge in [0.05, 0.1) is 6.04 Å². The monoisotopic (exact) mass is 374 g/mol. The van der Waals surface area contributed by atoms with Gasteiger partial charge in [-0.05, 0) is 50.5 Å². The van der Waals surface area contributed by atoms with E-state index in [0.29, 0.717) is 17.8 Å². The van der Waals surface area contributed by atoms with Crippen LogP contribution in [-0.2, 0) is 11.2 Å². The molecule has 0 radical (unpaired) electrons. The number of aryl methyl sites for hydroxylation is 2. The molecule has 0 aliphatic rings. The first-order chi connectivity index (χ1) is 12.8. The number of nitrogens with one attached hydrogen (secondary N) is 1. The molecule has 27 heavy (non-hydrogen) atoms. The molecule has 1 aromatic carbocycles. The van der Waals surface area contributed by atoms with Crippen LogP contribution in [0.3, 0.4) is 0 Å². The van der Waals surface area contributed by atoms with Gasteiger partial charge in [0.25, 0.3) is 5.78 Å². The maximum atomic E-state index is 13.3. The van der Waals surface area contributed by atoms with Crippen LogP contribution in [0, 0.1) is 25.5 Å². The minimum Gasteiger partial charge on any atom is -0.366 e. The largest absolute Gasteiger partial charge is 0.366 e. The number of anilines is 1. The van der Waals surface area contributed by atoms with E-state index < -0.39 is 17.7 Å². The Bertz CT molecular complexity index is 1020. The van der Waals surface area contributed by atoms with Crippen molar-refractivity contribution in [1.82, 2.24) is 24.9 Å². The number of nitrogens with zero attached hydrogens (tertiary/aromatic N) is 4. The van der Waals surface area contributed by atoms with Crippen LogP contribution in [0.25, 0.3) is 5.78 Å². The summed E-state index contributed by atoms with van der Waals surface area (Å²) in [4.78, 5) is 20.7. The van der Waals surface area contributed by atoms with Gasteiger partial charge in [0.1, 0.15) is 0 Å². The number of carbonyl (C=O) groups excluding carboxylic acids is 1. The molecule has 1 atom stereocenters. The Hall–Kier alpha value is -3.10. The summed E-state index contributed by atoms with van der Waals surface area (Å²) in [6.07, 6.45) is 0.670. The van der Waals surface area contributed by atoms with Crippen LogP contribution in [0.2, 0.25) is 0 Å². The van der Waals surface area contributed by atoms with Crippen molar-refractivity contribution in [3.63, 3.8) is 0 Å². The molecule has 0 aliphatic carbocycles. The van der Waals surface area contributed by atoms with Crippen molar-refractivity contribution in [2.24, 2.45) is 0 Å². The van der Waals surface area contributed by atoms with Crippen LogP contribution in [0.1, 0.15) is 41.9 Å². The fourth-order valence-corrected chi connectivity index (χ4v) is 3.00. The molecule has 1 amide bonds. The number of carbonyl (C=O) groups is 1. The van der Waals surface area contributed by atoms with Gasteiger partial charge in [0.2, 0.25) is 11.9 Å². The summed E-state index contributed by atoms with van der Waals surface area (Å²) in [6.45, 7) is 5.43. The predicted octanol–water partition coefficient (Wildman–Crippen LogP) is 2.41. The fraction of sp³-hybridized carbons (Fsp3) is 0.333. The average Bonchev–Trinajstić information content (AvgIpc) is 2.97. The smallest absolute Gasteiger partial charge is 0.254 e. The van der Waals surface area contributed by atoms with E-state index in [0.717, 1.165) is 29.1 Å². The number of fused-ring (bicyclic) bond motifs is 1. The van der Waals surface area contributed by atoms with E-state index in [1.54, 1.807) is 11.4 Å². The summed E-state index contributed by atoms with van der Waals surface area (Å²) in [5, 5.41) is 6.89. The standard InChI is InChI=1S/C18H20F2N6O/c1-9(12-4-6-14(19)15(20)8-12)22-16(27)7-5-13-10(2)23-18-24-17(21)25-26(18)11(13)3/h4,6,8-9H,5,7H2,1-3H3,(H2,21,25)(H,22,27). The zero-order valence-corrected chi connectivity index (χ0v) is 15.3. The Balaban J connectivity index is 1.68. The van der Waals surface area contributed by atoms with E-state index in [1.807, 2.05) is 13.8 Å². The first-order valence-electron chi connectivity index (χ1n) is 8.49. The molecule has 1 unspecified atom stereocenters. The van der Waals surface area contributed by atoms with Crippen molar-refractivity contribution in [1.29, 1.82) is 0 Å². The van der Waals surface area contributed by atoms with Crippen LogP contribution in [0.5, 0.6) is 0 Å². The van der Waals surface area contributed by atoms with E-state index in [-0.39, 0.29) is 18.3 Å². The van der Waals surface area contributed by atoms with Gasteiger partial charge in [0, 0.05) is 17.8 Å².